The van der Waals surface area contributed by atoms with Crippen molar-refractivity contribution in [3.05, 3.63) is 22.2 Å². The number of fused-ring (bicyclic) bond motifs is 1. The zero-order chi connectivity index (χ0) is 18.8. The first-order valence-electron chi connectivity index (χ1n) is 7.87. The van der Waals surface area contributed by atoms with Crippen LogP contribution in [0.25, 0.3) is 0 Å². The fraction of sp³-hybridized carbons (Fsp3) is 0.471. The van der Waals surface area contributed by atoms with Crippen molar-refractivity contribution in [3.63, 3.8) is 0 Å². The first kappa shape index (κ1) is 19.2. The van der Waals surface area contributed by atoms with Gasteiger partial charge in [0.25, 0.3) is 0 Å². The van der Waals surface area contributed by atoms with Crippen LogP contribution in [0.2, 0.25) is 0 Å². The molecule has 0 bridgehead atoms. The Bertz CT molecular complexity index is 717. The zero-order valence-electron chi connectivity index (χ0n) is 14.4. The van der Waals surface area contributed by atoms with E-state index in [4.69, 9.17) is 0 Å². The number of esters is 1. The van der Waals surface area contributed by atoms with Crippen LogP contribution in [0.15, 0.2) is 16.6 Å². The van der Waals surface area contributed by atoms with Crippen LogP contribution in [-0.2, 0) is 24.5 Å². The van der Waals surface area contributed by atoms with Crippen molar-refractivity contribution in [1.29, 1.82) is 0 Å². The van der Waals surface area contributed by atoms with Gasteiger partial charge in [-0.2, -0.15) is 0 Å². The summed E-state index contributed by atoms with van der Waals surface area (Å²) in [4.78, 5) is 37.2. The highest BCUT2D eigenvalue weighted by Gasteiger charge is 2.44. The summed E-state index contributed by atoms with van der Waals surface area (Å²) >= 11 is 3.25. The lowest BCUT2D eigenvalue weighted by molar-refractivity contribution is -0.140. The molecule has 0 saturated heterocycles. The molecule has 0 saturated carbocycles. The molecular weight excluding hydrogens is 392 g/mol. The number of amides is 2. The fourth-order valence-corrected chi connectivity index (χ4v) is 3.10. The zero-order valence-corrected chi connectivity index (χ0v) is 16.0. The maximum absolute atomic E-state index is 12.7. The van der Waals surface area contributed by atoms with E-state index >= 15 is 0 Å². The summed E-state index contributed by atoms with van der Waals surface area (Å²) in [6, 6.07) is 3.19. The quantitative estimate of drug-likeness (QED) is 0.548. The van der Waals surface area contributed by atoms with Crippen LogP contribution in [0.1, 0.15) is 32.3 Å². The molecule has 0 atom stereocenters. The number of ether oxygens (including phenoxy) is 1. The fourth-order valence-electron chi connectivity index (χ4n) is 2.76. The van der Waals surface area contributed by atoms with E-state index in [-0.39, 0.29) is 36.5 Å². The van der Waals surface area contributed by atoms with Crippen LogP contribution >= 0.6 is 15.9 Å². The number of hydrogen-bond acceptors (Lipinski definition) is 5. The number of phenolic OH excluding ortho intramolecular Hbond substituents is 1. The van der Waals surface area contributed by atoms with Crippen molar-refractivity contribution < 1.29 is 24.2 Å². The summed E-state index contributed by atoms with van der Waals surface area (Å²) in [5.74, 6) is -0.859. The first-order valence-corrected chi connectivity index (χ1v) is 8.66. The molecular formula is C17H21BrN2O5. The van der Waals surface area contributed by atoms with Gasteiger partial charge < -0.3 is 20.1 Å². The summed E-state index contributed by atoms with van der Waals surface area (Å²) in [5, 5.41) is 12.6. The number of aromatic hydroxyl groups is 1. The van der Waals surface area contributed by atoms with E-state index < -0.39 is 5.41 Å². The van der Waals surface area contributed by atoms with E-state index in [1.165, 1.54) is 18.1 Å². The number of halogens is 1. The van der Waals surface area contributed by atoms with E-state index in [0.717, 1.165) is 5.56 Å². The Balaban J connectivity index is 2.06. The maximum atomic E-state index is 12.7. The second kappa shape index (κ2) is 7.43. The number of anilines is 1. The van der Waals surface area contributed by atoms with E-state index in [9.17, 15) is 19.5 Å². The predicted octanol–water partition coefficient (Wildman–Crippen LogP) is 1.85. The van der Waals surface area contributed by atoms with Gasteiger partial charge in [0.15, 0.2) is 0 Å². The Labute approximate surface area is 154 Å². The van der Waals surface area contributed by atoms with Crippen LogP contribution in [-0.4, -0.2) is 43.1 Å². The lowest BCUT2D eigenvalue weighted by atomic mass is 9.86. The second-order valence-electron chi connectivity index (χ2n) is 6.37. The number of nitrogens with zero attached hydrogens (tertiary/aromatic N) is 1. The molecule has 8 heteroatoms. The number of nitrogens with one attached hydrogen (secondary N) is 1. The summed E-state index contributed by atoms with van der Waals surface area (Å²) < 4.78 is 5.03. The van der Waals surface area contributed by atoms with Crippen molar-refractivity contribution in [1.82, 2.24) is 5.32 Å². The van der Waals surface area contributed by atoms with Crippen molar-refractivity contribution in [2.45, 2.75) is 32.1 Å². The van der Waals surface area contributed by atoms with Crippen molar-refractivity contribution in [2.24, 2.45) is 0 Å². The molecule has 0 unspecified atom stereocenters. The first-order chi connectivity index (χ1) is 11.7. The molecule has 7 nitrogen and oxygen atoms in total. The van der Waals surface area contributed by atoms with Gasteiger partial charge >= 0.3 is 5.97 Å². The summed E-state index contributed by atoms with van der Waals surface area (Å²) in [6.07, 6.45) is 0.680. The summed E-state index contributed by atoms with van der Waals surface area (Å²) in [6.45, 7) is 3.74. The minimum atomic E-state index is -0.781. The van der Waals surface area contributed by atoms with Crippen molar-refractivity contribution in [3.8, 4) is 5.75 Å². The van der Waals surface area contributed by atoms with Gasteiger partial charge in [-0.15, -0.1) is 0 Å². The molecule has 1 aromatic carbocycles. The molecule has 0 fully saturated rings. The number of benzene rings is 1. The number of hydrogen-bond donors (Lipinski definition) is 2. The normalized spacial score (nSPS) is 15.0. The van der Waals surface area contributed by atoms with E-state index in [1.807, 2.05) is 0 Å². The molecule has 0 radical (unpaired) electrons. The minimum absolute atomic E-state index is 0.00716. The molecule has 1 heterocycles. The predicted molar refractivity (Wildman–Crippen MR) is 95.4 cm³/mol. The van der Waals surface area contributed by atoms with Crippen LogP contribution in [0.3, 0.4) is 0 Å². The minimum Gasteiger partial charge on any atom is -0.507 e. The van der Waals surface area contributed by atoms with Gasteiger partial charge in [0.05, 0.1) is 22.7 Å². The molecule has 2 amide bonds. The molecule has 136 valence electrons. The summed E-state index contributed by atoms with van der Waals surface area (Å²) in [5.41, 5.74) is 0.498. The Hall–Kier alpha value is -2.09. The highest BCUT2D eigenvalue weighted by molar-refractivity contribution is 9.10. The third kappa shape index (κ3) is 3.95. The van der Waals surface area contributed by atoms with Crippen LogP contribution in [0.4, 0.5) is 5.69 Å². The number of carbonyl (C=O) groups is 3. The van der Waals surface area contributed by atoms with Crippen LogP contribution < -0.4 is 10.2 Å². The number of methoxy groups -OCH3 is 1. The monoisotopic (exact) mass is 412 g/mol. The SMILES string of the molecule is COC(=O)CCCNC(=O)CN1C(=O)C(C)(C)c2cc(Br)c(O)cc21. The average Bonchev–Trinajstić information content (AvgIpc) is 2.73. The smallest absolute Gasteiger partial charge is 0.305 e. The van der Waals surface area contributed by atoms with Gasteiger partial charge in [-0.1, -0.05) is 0 Å². The number of carbonyl (C=O) groups excluding carboxylic acids is 3. The third-order valence-corrected chi connectivity index (χ3v) is 4.85. The van der Waals surface area contributed by atoms with Gasteiger partial charge in [0.2, 0.25) is 11.8 Å². The lowest BCUT2D eigenvalue weighted by Gasteiger charge is -2.20. The van der Waals surface area contributed by atoms with Gasteiger partial charge in [0, 0.05) is 19.0 Å². The van der Waals surface area contributed by atoms with Crippen molar-refractivity contribution in [2.75, 3.05) is 25.1 Å². The van der Waals surface area contributed by atoms with Gasteiger partial charge in [-0.05, 0) is 47.8 Å². The largest absolute Gasteiger partial charge is 0.507 e. The molecule has 1 aliphatic rings. The standard InChI is InChI=1S/C17H21BrN2O5/c1-17(2)10-7-11(18)13(21)8-12(10)20(16(17)24)9-14(22)19-6-4-5-15(23)25-3/h7-8,21H,4-6,9H2,1-3H3,(H,19,22). The Kier molecular flexibility index (Phi) is 5.72. The van der Waals surface area contributed by atoms with Crippen molar-refractivity contribution >= 4 is 39.4 Å². The molecule has 0 aliphatic carbocycles. The van der Waals surface area contributed by atoms with Crippen LogP contribution in [0, 0.1) is 0 Å². The molecule has 1 aromatic rings. The second-order valence-corrected chi connectivity index (χ2v) is 7.22. The third-order valence-electron chi connectivity index (χ3n) is 4.22. The number of phenols is 1. The van der Waals surface area contributed by atoms with E-state index in [0.29, 0.717) is 23.1 Å². The van der Waals surface area contributed by atoms with Gasteiger partial charge in [-0.25, -0.2) is 0 Å². The molecule has 1 aliphatic heterocycles. The Morgan fingerprint density at radius 1 is 1.36 bits per heavy atom. The average molecular weight is 413 g/mol. The van der Waals surface area contributed by atoms with Gasteiger partial charge in [-0.3, -0.25) is 14.4 Å². The van der Waals surface area contributed by atoms with Crippen LogP contribution in [0.5, 0.6) is 5.75 Å². The molecule has 2 N–H and O–H groups in total. The summed E-state index contributed by atoms with van der Waals surface area (Å²) in [7, 11) is 1.31. The Morgan fingerprint density at radius 2 is 2.04 bits per heavy atom. The van der Waals surface area contributed by atoms with E-state index in [2.05, 4.69) is 26.0 Å². The van der Waals surface area contributed by atoms with E-state index in [1.54, 1.807) is 19.9 Å². The number of rotatable bonds is 6. The lowest BCUT2D eigenvalue weighted by Crippen LogP contribution is -2.43. The molecule has 2 rings (SSSR count). The highest BCUT2D eigenvalue weighted by Crippen LogP contribution is 2.45. The topological polar surface area (TPSA) is 95.9 Å². The van der Waals surface area contributed by atoms with Gasteiger partial charge in [0.1, 0.15) is 12.3 Å². The Morgan fingerprint density at radius 3 is 2.68 bits per heavy atom. The molecule has 0 aromatic heterocycles. The molecule has 25 heavy (non-hydrogen) atoms. The maximum Gasteiger partial charge on any atom is 0.305 e. The highest BCUT2D eigenvalue weighted by atomic mass is 79.9. The molecule has 0 spiro atoms.